The summed E-state index contributed by atoms with van der Waals surface area (Å²) in [5.41, 5.74) is 9.38. The van der Waals surface area contributed by atoms with Crippen molar-refractivity contribution in [2.75, 3.05) is 11.1 Å². The van der Waals surface area contributed by atoms with E-state index < -0.39 is 0 Å². The maximum absolute atomic E-state index is 12.9. The van der Waals surface area contributed by atoms with Gasteiger partial charge in [0.05, 0.1) is 21.9 Å². The molecule has 0 spiro atoms. The lowest BCUT2D eigenvalue weighted by molar-refractivity contribution is 0.102. The first kappa shape index (κ1) is 17.1. The zero-order chi connectivity index (χ0) is 19.1. The van der Waals surface area contributed by atoms with E-state index in [1.807, 2.05) is 38.1 Å². The van der Waals surface area contributed by atoms with Gasteiger partial charge < -0.3 is 11.1 Å². The summed E-state index contributed by atoms with van der Waals surface area (Å²) in [6.45, 7) is 3.81. The van der Waals surface area contributed by atoms with E-state index in [1.54, 1.807) is 33.6 Å². The number of hydrogen-bond donors (Lipinski definition) is 2. The minimum absolute atomic E-state index is 0.162. The second-order valence-corrected chi connectivity index (χ2v) is 6.69. The summed E-state index contributed by atoms with van der Waals surface area (Å²) < 4.78 is 3.19. The van der Waals surface area contributed by atoms with Crippen molar-refractivity contribution in [1.82, 2.24) is 19.4 Å². The number of pyridine rings is 1. The minimum Gasteiger partial charge on any atom is -0.382 e. The van der Waals surface area contributed by atoms with Crippen molar-refractivity contribution >= 4 is 34.7 Å². The normalized spacial score (nSPS) is 11.1. The number of aryl methyl sites for hydroxylation is 2. The highest BCUT2D eigenvalue weighted by atomic mass is 35.5. The molecule has 7 nitrogen and oxygen atoms in total. The van der Waals surface area contributed by atoms with E-state index in [-0.39, 0.29) is 11.7 Å². The summed E-state index contributed by atoms with van der Waals surface area (Å²) in [6, 6.07) is 12.8. The van der Waals surface area contributed by atoms with Crippen molar-refractivity contribution in [3.63, 3.8) is 0 Å². The number of hydrogen-bond acceptors (Lipinski definition) is 4. The van der Waals surface area contributed by atoms with Crippen LogP contribution in [-0.2, 0) is 0 Å². The van der Waals surface area contributed by atoms with Crippen LogP contribution in [0.2, 0.25) is 5.02 Å². The number of benzene rings is 1. The number of fused-ring (bicyclic) bond motifs is 1. The molecule has 0 atom stereocenters. The molecule has 3 heterocycles. The summed E-state index contributed by atoms with van der Waals surface area (Å²) in [5, 5.41) is 12.1. The Morgan fingerprint density at radius 2 is 1.96 bits per heavy atom. The van der Waals surface area contributed by atoms with Crippen LogP contribution in [0.15, 0.2) is 48.7 Å². The van der Waals surface area contributed by atoms with Crippen LogP contribution in [-0.4, -0.2) is 25.3 Å². The molecule has 136 valence electrons. The van der Waals surface area contributed by atoms with Gasteiger partial charge in [-0.1, -0.05) is 23.7 Å². The summed E-state index contributed by atoms with van der Waals surface area (Å²) in [7, 11) is 0. The van der Waals surface area contributed by atoms with Crippen LogP contribution in [0.5, 0.6) is 0 Å². The van der Waals surface area contributed by atoms with Gasteiger partial charge in [-0.2, -0.15) is 5.10 Å². The van der Waals surface area contributed by atoms with Crippen molar-refractivity contribution in [3.05, 3.63) is 70.5 Å². The number of carbonyl (C=O) groups is 1. The summed E-state index contributed by atoms with van der Waals surface area (Å²) in [5.74, 6) is 0.299. The first-order valence-electron chi connectivity index (χ1n) is 8.31. The first-order chi connectivity index (χ1) is 12.9. The molecule has 0 saturated heterocycles. The van der Waals surface area contributed by atoms with Crippen molar-refractivity contribution in [3.8, 4) is 5.69 Å². The zero-order valence-electron chi connectivity index (χ0n) is 14.8. The molecule has 0 aliphatic carbocycles. The number of aromatic nitrogens is 4. The van der Waals surface area contributed by atoms with E-state index in [2.05, 4.69) is 15.5 Å². The Morgan fingerprint density at radius 1 is 1.15 bits per heavy atom. The number of nitrogens with one attached hydrogen (secondary N) is 1. The predicted molar refractivity (Wildman–Crippen MR) is 106 cm³/mol. The lowest BCUT2D eigenvalue weighted by Crippen LogP contribution is -2.16. The van der Waals surface area contributed by atoms with Gasteiger partial charge in [0.2, 0.25) is 0 Å². The Kier molecular flexibility index (Phi) is 4.08. The number of nitrogen functional groups attached to an aromatic ring is 1. The smallest absolute Gasteiger partial charge is 0.262 e. The molecule has 0 unspecified atom stereocenters. The average Bonchev–Trinajstić information content (AvgIpc) is 3.15. The average molecular weight is 381 g/mol. The molecule has 1 aromatic carbocycles. The summed E-state index contributed by atoms with van der Waals surface area (Å²) in [4.78, 5) is 12.9. The fourth-order valence-electron chi connectivity index (χ4n) is 2.99. The van der Waals surface area contributed by atoms with E-state index in [0.717, 1.165) is 11.3 Å². The fraction of sp³-hybridized carbons (Fsp3) is 0.105. The molecule has 0 fully saturated rings. The first-order valence-corrected chi connectivity index (χ1v) is 8.69. The highest BCUT2D eigenvalue weighted by Gasteiger charge is 2.20. The molecule has 0 aliphatic heterocycles. The van der Waals surface area contributed by atoms with Crippen LogP contribution in [0.3, 0.4) is 0 Å². The highest BCUT2D eigenvalue weighted by Crippen LogP contribution is 2.26. The number of nitrogens with two attached hydrogens (primary N) is 1. The van der Waals surface area contributed by atoms with E-state index in [4.69, 9.17) is 17.3 Å². The Balaban J connectivity index is 1.76. The molecule has 8 heteroatoms. The summed E-state index contributed by atoms with van der Waals surface area (Å²) in [6.07, 6.45) is 1.74. The Hall–Kier alpha value is -3.32. The third-order valence-corrected chi connectivity index (χ3v) is 4.52. The molecule has 3 N–H and O–H groups in total. The largest absolute Gasteiger partial charge is 0.382 e. The quantitative estimate of drug-likeness (QED) is 0.568. The van der Waals surface area contributed by atoms with E-state index in [1.165, 1.54) is 0 Å². The van der Waals surface area contributed by atoms with E-state index in [9.17, 15) is 4.79 Å². The molecule has 4 aromatic rings. The van der Waals surface area contributed by atoms with Crippen LogP contribution in [0.1, 0.15) is 21.6 Å². The number of nitrogens with zero attached hydrogens (tertiary/aromatic N) is 4. The number of amides is 1. The molecule has 1 amide bonds. The van der Waals surface area contributed by atoms with Crippen LogP contribution >= 0.6 is 11.6 Å². The monoisotopic (exact) mass is 380 g/mol. The minimum atomic E-state index is -0.362. The van der Waals surface area contributed by atoms with Crippen LogP contribution < -0.4 is 11.1 Å². The SMILES string of the molecule is Cc1ccc(Cl)c(-n2nc(C)cc2NC(=O)c2c(N)nn3ccccc23)c1. The van der Waals surface area contributed by atoms with Gasteiger partial charge in [-0.3, -0.25) is 4.79 Å². The van der Waals surface area contributed by atoms with Crippen molar-refractivity contribution in [2.24, 2.45) is 0 Å². The Labute approximate surface area is 160 Å². The van der Waals surface area contributed by atoms with Crippen molar-refractivity contribution in [2.45, 2.75) is 13.8 Å². The molecule has 0 radical (unpaired) electrons. The Bertz CT molecular complexity index is 1180. The summed E-state index contributed by atoms with van der Waals surface area (Å²) >= 11 is 6.34. The van der Waals surface area contributed by atoms with Gasteiger partial charge in [0.15, 0.2) is 5.82 Å². The lowest BCUT2D eigenvalue weighted by atomic mass is 10.2. The van der Waals surface area contributed by atoms with Crippen LogP contribution in [0.25, 0.3) is 11.2 Å². The topological polar surface area (TPSA) is 90.2 Å². The molecule has 0 aliphatic rings. The number of anilines is 2. The second kappa shape index (κ2) is 6.44. The molecule has 0 saturated carbocycles. The van der Waals surface area contributed by atoms with E-state index >= 15 is 0 Å². The third-order valence-electron chi connectivity index (χ3n) is 4.20. The zero-order valence-corrected chi connectivity index (χ0v) is 15.5. The highest BCUT2D eigenvalue weighted by molar-refractivity contribution is 6.32. The predicted octanol–water partition coefficient (Wildman–Crippen LogP) is 3.62. The van der Waals surface area contributed by atoms with Gasteiger partial charge in [-0.15, -0.1) is 5.10 Å². The third kappa shape index (κ3) is 3.02. The maximum Gasteiger partial charge on any atom is 0.262 e. The number of carbonyl (C=O) groups excluding carboxylic acids is 1. The van der Waals surface area contributed by atoms with E-state index in [0.29, 0.717) is 27.6 Å². The van der Waals surface area contributed by atoms with Gasteiger partial charge in [-0.05, 0) is 43.7 Å². The number of halogens is 1. The van der Waals surface area contributed by atoms with Gasteiger partial charge >= 0.3 is 0 Å². The molecule has 3 aromatic heterocycles. The molecule has 0 bridgehead atoms. The second-order valence-electron chi connectivity index (χ2n) is 6.28. The molecular weight excluding hydrogens is 364 g/mol. The Morgan fingerprint density at radius 3 is 2.78 bits per heavy atom. The van der Waals surface area contributed by atoms with Gasteiger partial charge in [0.25, 0.3) is 5.91 Å². The lowest BCUT2D eigenvalue weighted by Gasteiger charge is -2.11. The fourth-order valence-corrected chi connectivity index (χ4v) is 3.18. The van der Waals surface area contributed by atoms with Crippen LogP contribution in [0.4, 0.5) is 11.6 Å². The van der Waals surface area contributed by atoms with Crippen molar-refractivity contribution in [1.29, 1.82) is 0 Å². The molecular formula is C19H17ClN6O. The van der Waals surface area contributed by atoms with Crippen molar-refractivity contribution < 1.29 is 4.79 Å². The van der Waals surface area contributed by atoms with Gasteiger partial charge in [0.1, 0.15) is 11.4 Å². The van der Waals surface area contributed by atoms with Gasteiger partial charge in [-0.25, -0.2) is 9.20 Å². The van der Waals surface area contributed by atoms with Crippen LogP contribution in [0, 0.1) is 13.8 Å². The van der Waals surface area contributed by atoms with Gasteiger partial charge in [0, 0.05) is 12.3 Å². The molecule has 4 rings (SSSR count). The number of rotatable bonds is 3. The molecule has 27 heavy (non-hydrogen) atoms. The maximum atomic E-state index is 12.9. The standard InChI is InChI=1S/C19H17ClN6O/c1-11-6-7-13(20)15(9-11)26-16(10-12(2)23-26)22-19(27)17-14-5-3-4-8-25(14)24-18(17)21/h3-10H,1-2H3,(H2,21,24)(H,22,27).